The number of rotatable bonds is 5. The van der Waals surface area contributed by atoms with Crippen molar-refractivity contribution in [2.24, 2.45) is 0 Å². The van der Waals surface area contributed by atoms with E-state index in [-0.39, 0.29) is 0 Å². The fraction of sp³-hybridized carbons (Fsp3) is 0.455. The van der Waals surface area contributed by atoms with Crippen molar-refractivity contribution in [3.8, 4) is 0 Å². The number of nitrogens with one attached hydrogen (secondary N) is 2. The quantitative estimate of drug-likeness (QED) is 0.779. The minimum absolute atomic E-state index is 0.502. The molecule has 2 N–H and O–H groups in total. The molecule has 0 saturated heterocycles. The van der Waals surface area contributed by atoms with Crippen molar-refractivity contribution < 1.29 is 0 Å². The van der Waals surface area contributed by atoms with Crippen molar-refractivity contribution in [3.63, 3.8) is 0 Å². The van der Waals surface area contributed by atoms with Gasteiger partial charge in [-0.05, 0) is 12.1 Å². The number of benzene rings is 1. The Morgan fingerprint density at radius 2 is 1.93 bits per heavy atom. The maximum absolute atomic E-state index is 6.02. The Balaban J connectivity index is 2.41. The van der Waals surface area contributed by atoms with Crippen LogP contribution in [-0.4, -0.2) is 19.1 Å². The molecule has 0 fully saturated rings. The minimum atomic E-state index is 0.502. The first kappa shape index (κ1) is 12.6. The summed E-state index contributed by atoms with van der Waals surface area (Å²) in [6.07, 6.45) is 0. The van der Waals surface area contributed by atoms with Gasteiger partial charge >= 0.3 is 0 Å². The van der Waals surface area contributed by atoms with Gasteiger partial charge in [-0.15, -0.1) is 0 Å². The summed E-state index contributed by atoms with van der Waals surface area (Å²) >= 11 is 11.9. The molecule has 0 unspecified atom stereocenters. The molecular weight excluding hydrogens is 231 g/mol. The van der Waals surface area contributed by atoms with E-state index in [2.05, 4.69) is 24.5 Å². The van der Waals surface area contributed by atoms with Crippen LogP contribution in [0.15, 0.2) is 18.2 Å². The third kappa shape index (κ3) is 4.29. The molecule has 0 aliphatic heterocycles. The second-order valence-electron chi connectivity index (χ2n) is 3.64. The molecule has 1 aromatic rings. The molecule has 1 aromatic carbocycles. The van der Waals surface area contributed by atoms with Crippen molar-refractivity contribution in [2.45, 2.75) is 19.9 Å². The van der Waals surface area contributed by atoms with Crippen molar-refractivity contribution in [1.29, 1.82) is 0 Å². The number of halogens is 2. The Labute approximate surface area is 101 Å². The molecule has 0 aliphatic rings. The van der Waals surface area contributed by atoms with Gasteiger partial charge in [-0.25, -0.2) is 0 Å². The van der Waals surface area contributed by atoms with Crippen molar-refractivity contribution in [1.82, 2.24) is 5.32 Å². The van der Waals surface area contributed by atoms with Crippen LogP contribution < -0.4 is 10.6 Å². The predicted octanol–water partition coefficient (Wildman–Crippen LogP) is 3.40. The fourth-order valence-electron chi connectivity index (χ4n) is 1.20. The molecule has 0 atom stereocenters. The maximum atomic E-state index is 6.02. The molecule has 2 nitrogen and oxygen atoms in total. The summed E-state index contributed by atoms with van der Waals surface area (Å²) in [7, 11) is 0. The first-order chi connectivity index (χ1) is 7.11. The molecule has 84 valence electrons. The van der Waals surface area contributed by atoms with Gasteiger partial charge in [0, 0.05) is 19.1 Å². The van der Waals surface area contributed by atoms with Gasteiger partial charge in [0.15, 0.2) is 0 Å². The minimum Gasteiger partial charge on any atom is -0.383 e. The normalized spacial score (nSPS) is 10.7. The summed E-state index contributed by atoms with van der Waals surface area (Å²) in [4.78, 5) is 0. The average Bonchev–Trinajstić information content (AvgIpc) is 2.18. The molecule has 0 aliphatic carbocycles. The predicted molar refractivity (Wildman–Crippen MR) is 68.1 cm³/mol. The molecular formula is C11H16Cl2N2. The van der Waals surface area contributed by atoms with E-state index < -0.39 is 0 Å². The summed E-state index contributed by atoms with van der Waals surface area (Å²) in [6, 6.07) is 6.08. The van der Waals surface area contributed by atoms with Crippen molar-refractivity contribution >= 4 is 28.9 Å². The molecule has 4 heteroatoms. The zero-order valence-electron chi connectivity index (χ0n) is 8.98. The lowest BCUT2D eigenvalue weighted by Gasteiger charge is -2.11. The van der Waals surface area contributed by atoms with Crippen LogP contribution in [0.5, 0.6) is 0 Å². The van der Waals surface area contributed by atoms with E-state index in [0.717, 1.165) is 18.8 Å². The zero-order chi connectivity index (χ0) is 11.3. The summed E-state index contributed by atoms with van der Waals surface area (Å²) in [5.41, 5.74) is 0.884. The van der Waals surface area contributed by atoms with Crippen LogP contribution in [0.3, 0.4) is 0 Å². The highest BCUT2D eigenvalue weighted by atomic mass is 35.5. The molecule has 0 aromatic heterocycles. The van der Waals surface area contributed by atoms with Crippen LogP contribution in [0.25, 0.3) is 0 Å². The first-order valence-electron chi connectivity index (χ1n) is 5.02. The highest BCUT2D eigenvalue weighted by Crippen LogP contribution is 2.29. The van der Waals surface area contributed by atoms with Gasteiger partial charge in [-0.1, -0.05) is 43.1 Å². The van der Waals surface area contributed by atoms with E-state index in [9.17, 15) is 0 Å². The Kier molecular flexibility index (Phi) is 5.23. The maximum Gasteiger partial charge on any atom is 0.0823 e. The van der Waals surface area contributed by atoms with Gasteiger partial charge in [0.2, 0.25) is 0 Å². The van der Waals surface area contributed by atoms with Gasteiger partial charge in [0.1, 0.15) is 0 Å². The van der Waals surface area contributed by atoms with Crippen LogP contribution >= 0.6 is 23.2 Å². The number of hydrogen-bond donors (Lipinski definition) is 2. The van der Waals surface area contributed by atoms with Crippen molar-refractivity contribution in [3.05, 3.63) is 28.2 Å². The van der Waals surface area contributed by atoms with E-state index in [1.54, 1.807) is 6.07 Å². The lowest BCUT2D eigenvalue weighted by atomic mass is 10.3. The van der Waals surface area contributed by atoms with Gasteiger partial charge in [-0.2, -0.15) is 0 Å². The molecule has 1 rings (SSSR count). The van der Waals surface area contributed by atoms with Gasteiger partial charge < -0.3 is 10.6 Å². The first-order valence-corrected chi connectivity index (χ1v) is 5.78. The van der Waals surface area contributed by atoms with E-state index in [1.807, 2.05) is 12.1 Å². The summed E-state index contributed by atoms with van der Waals surface area (Å²) in [5.74, 6) is 0. The van der Waals surface area contributed by atoms with Gasteiger partial charge in [0.25, 0.3) is 0 Å². The number of hydrogen-bond acceptors (Lipinski definition) is 2. The molecule has 0 heterocycles. The Hall–Kier alpha value is -0.440. The zero-order valence-corrected chi connectivity index (χ0v) is 10.5. The van der Waals surface area contributed by atoms with E-state index >= 15 is 0 Å². The Morgan fingerprint density at radius 3 is 2.60 bits per heavy atom. The topological polar surface area (TPSA) is 24.1 Å². The molecule has 0 spiro atoms. The van der Waals surface area contributed by atoms with Crippen LogP contribution in [0.2, 0.25) is 10.0 Å². The van der Waals surface area contributed by atoms with E-state index in [1.165, 1.54) is 0 Å². The van der Waals surface area contributed by atoms with E-state index in [0.29, 0.717) is 16.1 Å². The standard InChI is InChI=1S/C11H16Cl2N2/c1-8(2)14-6-7-15-10-5-3-4-9(12)11(10)13/h3-5,8,14-15H,6-7H2,1-2H3. The second kappa shape index (κ2) is 6.21. The van der Waals surface area contributed by atoms with Crippen molar-refractivity contribution in [2.75, 3.05) is 18.4 Å². The molecule has 0 amide bonds. The molecule has 15 heavy (non-hydrogen) atoms. The van der Waals surface area contributed by atoms with Crippen LogP contribution in [-0.2, 0) is 0 Å². The van der Waals surface area contributed by atoms with Gasteiger partial charge in [-0.3, -0.25) is 0 Å². The Morgan fingerprint density at radius 1 is 1.20 bits per heavy atom. The van der Waals surface area contributed by atoms with Crippen LogP contribution in [0.1, 0.15) is 13.8 Å². The summed E-state index contributed by atoms with van der Waals surface area (Å²) < 4.78 is 0. The largest absolute Gasteiger partial charge is 0.383 e. The molecule has 0 saturated carbocycles. The van der Waals surface area contributed by atoms with Crippen LogP contribution in [0.4, 0.5) is 5.69 Å². The monoisotopic (exact) mass is 246 g/mol. The number of anilines is 1. The lowest BCUT2D eigenvalue weighted by Crippen LogP contribution is -2.28. The molecule has 0 bridgehead atoms. The highest BCUT2D eigenvalue weighted by Gasteiger charge is 2.02. The summed E-state index contributed by atoms with van der Waals surface area (Å²) in [5, 5.41) is 7.71. The SMILES string of the molecule is CC(C)NCCNc1cccc(Cl)c1Cl. The average molecular weight is 247 g/mol. The third-order valence-electron chi connectivity index (χ3n) is 1.94. The van der Waals surface area contributed by atoms with Crippen LogP contribution in [0, 0.1) is 0 Å². The van der Waals surface area contributed by atoms with Gasteiger partial charge in [0.05, 0.1) is 15.7 Å². The molecule has 0 radical (unpaired) electrons. The third-order valence-corrected chi connectivity index (χ3v) is 2.76. The second-order valence-corrected chi connectivity index (χ2v) is 4.42. The Bertz CT molecular complexity index is 313. The smallest absolute Gasteiger partial charge is 0.0823 e. The highest BCUT2D eigenvalue weighted by molar-refractivity contribution is 6.43. The summed E-state index contributed by atoms with van der Waals surface area (Å²) in [6.45, 7) is 5.97. The fourth-order valence-corrected chi connectivity index (χ4v) is 1.57. The lowest BCUT2D eigenvalue weighted by molar-refractivity contribution is 0.602. The van der Waals surface area contributed by atoms with E-state index in [4.69, 9.17) is 23.2 Å².